The third kappa shape index (κ3) is 4.18. The van der Waals surface area contributed by atoms with E-state index in [0.29, 0.717) is 11.8 Å². The lowest BCUT2D eigenvalue weighted by Gasteiger charge is -2.58. The van der Waals surface area contributed by atoms with Crippen LogP contribution in [0.25, 0.3) is 0 Å². The molecule has 4 aliphatic rings. The minimum atomic E-state index is -0.603. The van der Waals surface area contributed by atoms with Crippen LogP contribution >= 0.6 is 15.9 Å². The topological polar surface area (TPSA) is 84.5 Å². The number of hydrogen-bond donors (Lipinski definition) is 2. The molecule has 4 fully saturated rings. The molecule has 4 bridgehead atoms. The summed E-state index contributed by atoms with van der Waals surface area (Å²) in [6.07, 6.45) is 5.98. The first-order valence-corrected chi connectivity index (χ1v) is 9.76. The molecule has 25 heavy (non-hydrogen) atoms. The second-order valence-corrected chi connectivity index (χ2v) is 10.9. The Balaban J connectivity index is 1.53. The Hall–Kier alpha value is -1.11. The van der Waals surface area contributed by atoms with Crippen molar-refractivity contribution in [3.63, 3.8) is 0 Å². The van der Waals surface area contributed by atoms with Crippen LogP contribution < -0.4 is 10.6 Å². The van der Waals surface area contributed by atoms with Crippen molar-refractivity contribution in [1.82, 2.24) is 10.6 Å². The highest BCUT2D eigenvalue weighted by molar-refractivity contribution is 9.10. The van der Waals surface area contributed by atoms with Crippen molar-refractivity contribution in [2.75, 3.05) is 6.61 Å². The first kappa shape index (κ1) is 18.7. The van der Waals surface area contributed by atoms with E-state index in [9.17, 15) is 14.4 Å². The molecule has 4 aliphatic carbocycles. The molecule has 2 N–H and O–H groups in total. The number of urea groups is 1. The van der Waals surface area contributed by atoms with Crippen molar-refractivity contribution in [3.8, 4) is 0 Å². The average molecular weight is 415 g/mol. The van der Waals surface area contributed by atoms with Crippen LogP contribution in [0.5, 0.6) is 0 Å². The molecule has 0 aromatic rings. The highest BCUT2D eigenvalue weighted by atomic mass is 79.9. The van der Waals surface area contributed by atoms with Crippen LogP contribution in [0.3, 0.4) is 0 Å². The van der Waals surface area contributed by atoms with Gasteiger partial charge >= 0.3 is 12.0 Å². The number of ether oxygens (including phenoxy) is 1. The van der Waals surface area contributed by atoms with E-state index >= 15 is 0 Å². The first-order valence-electron chi connectivity index (χ1n) is 8.97. The van der Waals surface area contributed by atoms with Crippen molar-refractivity contribution in [3.05, 3.63) is 0 Å². The number of halogens is 1. The molecule has 3 amide bonds. The molecule has 6 nitrogen and oxygen atoms in total. The van der Waals surface area contributed by atoms with Gasteiger partial charge in [0.2, 0.25) is 0 Å². The van der Waals surface area contributed by atoms with Crippen LogP contribution in [0.2, 0.25) is 0 Å². The molecule has 4 saturated carbocycles. The maximum Gasteiger partial charge on any atom is 0.321 e. The van der Waals surface area contributed by atoms with Gasteiger partial charge in [-0.3, -0.25) is 14.9 Å². The van der Waals surface area contributed by atoms with Gasteiger partial charge in [-0.2, -0.15) is 0 Å². The zero-order chi connectivity index (χ0) is 18.5. The summed E-state index contributed by atoms with van der Waals surface area (Å²) >= 11 is 3.86. The lowest BCUT2D eigenvalue weighted by Crippen LogP contribution is -2.56. The van der Waals surface area contributed by atoms with Gasteiger partial charge in [-0.25, -0.2) is 4.79 Å². The van der Waals surface area contributed by atoms with Crippen LogP contribution in [0, 0.1) is 17.3 Å². The molecule has 0 radical (unpaired) electrons. The van der Waals surface area contributed by atoms with Gasteiger partial charge in [-0.05, 0) is 71.1 Å². The fourth-order valence-electron chi connectivity index (χ4n) is 5.21. The Labute approximate surface area is 156 Å². The third-order valence-electron chi connectivity index (χ3n) is 5.50. The highest BCUT2D eigenvalue weighted by Gasteiger charge is 2.60. The Kier molecular flexibility index (Phi) is 4.67. The first-order chi connectivity index (χ1) is 11.5. The van der Waals surface area contributed by atoms with Crippen molar-refractivity contribution in [2.45, 2.75) is 69.2 Å². The third-order valence-corrected chi connectivity index (χ3v) is 6.43. The van der Waals surface area contributed by atoms with Gasteiger partial charge in [0.25, 0.3) is 5.91 Å². The molecule has 2 atom stereocenters. The Morgan fingerprint density at radius 2 is 1.72 bits per heavy atom. The monoisotopic (exact) mass is 414 g/mol. The molecule has 0 heterocycles. The van der Waals surface area contributed by atoms with E-state index in [1.54, 1.807) is 0 Å². The summed E-state index contributed by atoms with van der Waals surface area (Å²) in [6.45, 7) is 5.05. The van der Waals surface area contributed by atoms with Crippen LogP contribution in [0.15, 0.2) is 0 Å². The molecule has 0 aromatic heterocycles. The van der Waals surface area contributed by atoms with Gasteiger partial charge < -0.3 is 10.1 Å². The van der Waals surface area contributed by atoms with Gasteiger partial charge in [0, 0.05) is 9.86 Å². The van der Waals surface area contributed by atoms with Gasteiger partial charge in [-0.15, -0.1) is 0 Å². The summed E-state index contributed by atoms with van der Waals surface area (Å²) in [4.78, 5) is 36.3. The molecule has 0 aromatic carbocycles. The number of carbonyl (C=O) groups excluding carboxylic acids is 3. The highest BCUT2D eigenvalue weighted by Crippen LogP contribution is 2.64. The maximum atomic E-state index is 12.7. The minimum absolute atomic E-state index is 0.0605. The molecule has 0 aliphatic heterocycles. The Morgan fingerprint density at radius 3 is 2.24 bits per heavy atom. The molecule has 0 unspecified atom stereocenters. The summed E-state index contributed by atoms with van der Waals surface area (Å²) in [6, 6.07) is -0.581. The minimum Gasteiger partial charge on any atom is -0.455 e. The van der Waals surface area contributed by atoms with E-state index in [2.05, 4.69) is 26.6 Å². The molecular weight excluding hydrogens is 388 g/mol. The second kappa shape index (κ2) is 6.25. The fraction of sp³-hybridized carbons (Fsp3) is 0.833. The number of carbonyl (C=O) groups is 3. The van der Waals surface area contributed by atoms with E-state index in [1.165, 1.54) is 6.42 Å². The molecular formula is C18H27BrN2O4. The van der Waals surface area contributed by atoms with Crippen molar-refractivity contribution >= 4 is 33.8 Å². The van der Waals surface area contributed by atoms with Crippen molar-refractivity contribution in [1.29, 1.82) is 0 Å². The van der Waals surface area contributed by atoms with E-state index in [1.807, 2.05) is 20.8 Å². The van der Waals surface area contributed by atoms with E-state index in [4.69, 9.17) is 4.74 Å². The zero-order valence-electron chi connectivity index (χ0n) is 15.1. The predicted octanol–water partition coefficient (Wildman–Crippen LogP) is 2.89. The predicted molar refractivity (Wildman–Crippen MR) is 96.2 cm³/mol. The molecule has 0 saturated heterocycles. The largest absolute Gasteiger partial charge is 0.455 e. The van der Waals surface area contributed by atoms with Crippen LogP contribution in [0.1, 0.15) is 59.3 Å². The van der Waals surface area contributed by atoms with Crippen LogP contribution in [0.4, 0.5) is 4.79 Å². The van der Waals surface area contributed by atoms with Crippen molar-refractivity contribution < 1.29 is 19.1 Å². The van der Waals surface area contributed by atoms with Crippen molar-refractivity contribution in [2.24, 2.45) is 17.3 Å². The quantitative estimate of drug-likeness (QED) is 0.549. The van der Waals surface area contributed by atoms with Crippen LogP contribution in [-0.2, 0) is 14.3 Å². The number of imide groups is 1. The molecule has 7 heteroatoms. The van der Waals surface area contributed by atoms with Gasteiger partial charge in [0.15, 0.2) is 6.61 Å². The van der Waals surface area contributed by atoms with E-state index < -0.39 is 29.5 Å². The van der Waals surface area contributed by atoms with Gasteiger partial charge in [-0.1, -0.05) is 15.9 Å². The fourth-order valence-corrected chi connectivity index (χ4v) is 6.66. The molecule has 4 rings (SSSR count). The smallest absolute Gasteiger partial charge is 0.321 e. The molecule has 0 spiro atoms. The number of alkyl halides is 1. The van der Waals surface area contributed by atoms with Gasteiger partial charge in [0.1, 0.15) is 0 Å². The Bertz CT molecular complexity index is 584. The second-order valence-electron chi connectivity index (χ2n) is 9.22. The normalized spacial score (nSPS) is 36.0. The maximum absolute atomic E-state index is 12.7. The average Bonchev–Trinajstić information content (AvgIpc) is 2.39. The lowest BCUT2D eigenvalue weighted by molar-refractivity contribution is -0.171. The summed E-state index contributed by atoms with van der Waals surface area (Å²) in [7, 11) is 0. The standard InChI is InChI=1S/C18H27BrN2O4/c1-16(2,3)21-15(24)20-13(22)9-25-14(23)17-5-11-4-12(6-17)8-18(19,7-11)10-17/h11-12H,4-10H2,1-3H3,(H2,20,21,22,24)/t11-,12-,17?,18?/m1/s1. The molecule has 140 valence electrons. The summed E-state index contributed by atoms with van der Waals surface area (Å²) in [5.74, 6) is 0.254. The number of amides is 3. The number of hydrogen-bond acceptors (Lipinski definition) is 4. The number of nitrogens with one attached hydrogen (secondary N) is 2. The number of rotatable bonds is 3. The summed E-state index contributed by atoms with van der Waals surface area (Å²) in [5.41, 5.74) is -0.897. The number of esters is 1. The van der Waals surface area contributed by atoms with Gasteiger partial charge in [0.05, 0.1) is 5.41 Å². The zero-order valence-corrected chi connectivity index (χ0v) is 16.7. The van der Waals surface area contributed by atoms with E-state index in [0.717, 1.165) is 32.1 Å². The Morgan fingerprint density at radius 1 is 1.12 bits per heavy atom. The summed E-state index contributed by atoms with van der Waals surface area (Å²) < 4.78 is 5.37. The van der Waals surface area contributed by atoms with E-state index in [-0.39, 0.29) is 10.3 Å². The lowest BCUT2D eigenvalue weighted by atomic mass is 9.49. The SMILES string of the molecule is CC(C)(C)NC(=O)NC(=O)COC(=O)C12C[C@H]3C[C@@H](CC(Br)(C3)C1)C2. The summed E-state index contributed by atoms with van der Waals surface area (Å²) in [5, 5.41) is 4.83. The van der Waals surface area contributed by atoms with Crippen LogP contribution in [-0.4, -0.2) is 34.4 Å².